The van der Waals surface area contributed by atoms with Crippen LogP contribution in [0.3, 0.4) is 0 Å². The van der Waals surface area contributed by atoms with E-state index >= 15 is 0 Å². The van der Waals surface area contributed by atoms with Crippen molar-refractivity contribution < 1.29 is 18.0 Å². The van der Waals surface area contributed by atoms with Gasteiger partial charge in [0.05, 0.1) is 22.9 Å². The first-order chi connectivity index (χ1) is 14.2. The standard InChI is InChI=1S/C19H22N6O4S/c1-10-3-4-14(30(27,28)22-8-12-5-13(26)6-12)7-15(10)16-9-21-18(20)17(24-16)19-23-11(2)25-29-19/h3-4,7,9,12-13,22,26H,5-6,8H2,1-2H3,(H2,20,21)/t12-,13+. The van der Waals surface area contributed by atoms with Gasteiger partial charge in [-0.2, -0.15) is 4.98 Å². The highest BCUT2D eigenvalue weighted by atomic mass is 32.2. The largest absolute Gasteiger partial charge is 0.393 e. The molecule has 1 aliphatic carbocycles. The van der Waals surface area contributed by atoms with Crippen molar-refractivity contribution >= 4 is 15.8 Å². The molecule has 3 aromatic rings. The van der Waals surface area contributed by atoms with E-state index in [9.17, 15) is 13.5 Å². The van der Waals surface area contributed by atoms with Crippen molar-refractivity contribution in [3.05, 3.63) is 35.8 Å². The van der Waals surface area contributed by atoms with Gasteiger partial charge >= 0.3 is 0 Å². The van der Waals surface area contributed by atoms with Crippen LogP contribution in [-0.2, 0) is 10.0 Å². The topological polar surface area (TPSA) is 157 Å². The van der Waals surface area contributed by atoms with Crippen LogP contribution in [0.15, 0.2) is 33.8 Å². The van der Waals surface area contributed by atoms with Crippen LogP contribution in [0.4, 0.5) is 5.82 Å². The number of aromatic nitrogens is 4. The van der Waals surface area contributed by atoms with E-state index in [1.165, 1.54) is 6.20 Å². The Kier molecular flexibility index (Phi) is 5.26. The van der Waals surface area contributed by atoms with Crippen LogP contribution in [0.1, 0.15) is 24.2 Å². The van der Waals surface area contributed by atoms with Crippen LogP contribution in [-0.4, -0.2) is 46.3 Å². The molecule has 1 aliphatic rings. The minimum Gasteiger partial charge on any atom is -0.393 e. The van der Waals surface area contributed by atoms with Crippen molar-refractivity contribution in [1.82, 2.24) is 24.8 Å². The predicted octanol–water partition coefficient (Wildman–Crippen LogP) is 1.44. The fourth-order valence-electron chi connectivity index (χ4n) is 3.30. The number of hydrogen-bond donors (Lipinski definition) is 3. The van der Waals surface area contributed by atoms with Crippen molar-refractivity contribution in [2.45, 2.75) is 37.7 Å². The van der Waals surface area contributed by atoms with Crippen molar-refractivity contribution in [2.75, 3.05) is 12.3 Å². The van der Waals surface area contributed by atoms with Crippen LogP contribution >= 0.6 is 0 Å². The van der Waals surface area contributed by atoms with Gasteiger partial charge in [0.2, 0.25) is 10.0 Å². The summed E-state index contributed by atoms with van der Waals surface area (Å²) in [6.07, 6.45) is 2.37. The van der Waals surface area contributed by atoms with Gasteiger partial charge in [0.1, 0.15) is 0 Å². The van der Waals surface area contributed by atoms with E-state index in [2.05, 4.69) is 24.8 Å². The lowest BCUT2D eigenvalue weighted by molar-refractivity contribution is 0.0453. The number of nitrogens with zero attached hydrogens (tertiary/aromatic N) is 4. The van der Waals surface area contributed by atoms with Crippen LogP contribution < -0.4 is 10.5 Å². The van der Waals surface area contributed by atoms with Crippen LogP contribution in [0.2, 0.25) is 0 Å². The molecular weight excluding hydrogens is 408 g/mol. The van der Waals surface area contributed by atoms with E-state index in [1.54, 1.807) is 25.1 Å². The second-order valence-electron chi connectivity index (χ2n) is 7.46. The maximum absolute atomic E-state index is 12.7. The number of aliphatic hydroxyl groups excluding tert-OH is 1. The lowest BCUT2D eigenvalue weighted by Gasteiger charge is -2.31. The lowest BCUT2D eigenvalue weighted by Crippen LogP contribution is -2.38. The molecule has 0 saturated heterocycles. The molecule has 2 aromatic heterocycles. The Morgan fingerprint density at radius 1 is 1.27 bits per heavy atom. The number of aliphatic hydroxyl groups is 1. The number of anilines is 1. The van der Waals surface area contributed by atoms with Crippen molar-refractivity contribution in [3.8, 4) is 22.8 Å². The highest BCUT2D eigenvalue weighted by molar-refractivity contribution is 7.89. The molecule has 1 fully saturated rings. The van der Waals surface area contributed by atoms with E-state index in [0.717, 1.165) is 5.56 Å². The van der Waals surface area contributed by atoms with E-state index < -0.39 is 10.0 Å². The monoisotopic (exact) mass is 430 g/mol. The molecule has 4 rings (SSSR count). The van der Waals surface area contributed by atoms with Gasteiger partial charge in [0.15, 0.2) is 17.3 Å². The lowest BCUT2D eigenvalue weighted by atomic mass is 9.83. The molecule has 2 heterocycles. The molecule has 10 nitrogen and oxygen atoms in total. The molecule has 1 aromatic carbocycles. The molecule has 0 amide bonds. The summed E-state index contributed by atoms with van der Waals surface area (Å²) in [4.78, 5) is 12.9. The smallest absolute Gasteiger partial charge is 0.280 e. The molecule has 0 aliphatic heterocycles. The summed E-state index contributed by atoms with van der Waals surface area (Å²) < 4.78 is 33.2. The summed E-state index contributed by atoms with van der Waals surface area (Å²) in [5.41, 5.74) is 8.01. The number of hydrogen-bond acceptors (Lipinski definition) is 9. The third-order valence-electron chi connectivity index (χ3n) is 5.10. The van der Waals surface area contributed by atoms with Gasteiger partial charge in [0, 0.05) is 12.1 Å². The second kappa shape index (κ2) is 7.74. The summed E-state index contributed by atoms with van der Waals surface area (Å²) >= 11 is 0. The zero-order valence-corrected chi connectivity index (χ0v) is 17.3. The van der Waals surface area contributed by atoms with Crippen LogP contribution in [0.25, 0.3) is 22.8 Å². The Morgan fingerprint density at radius 2 is 2.03 bits per heavy atom. The summed E-state index contributed by atoms with van der Waals surface area (Å²) in [6.45, 7) is 3.82. The fraction of sp³-hybridized carbons (Fsp3) is 0.368. The first-order valence-electron chi connectivity index (χ1n) is 9.45. The minimum atomic E-state index is -3.71. The summed E-state index contributed by atoms with van der Waals surface area (Å²) in [6, 6.07) is 4.81. The predicted molar refractivity (Wildman–Crippen MR) is 109 cm³/mol. The van der Waals surface area contributed by atoms with Crippen LogP contribution in [0, 0.1) is 19.8 Å². The molecule has 0 bridgehead atoms. The average Bonchev–Trinajstić information content (AvgIpc) is 3.11. The normalized spacial score (nSPS) is 18.9. The summed E-state index contributed by atoms with van der Waals surface area (Å²) in [5.74, 6) is 0.868. The van der Waals surface area contributed by atoms with E-state index in [4.69, 9.17) is 10.3 Å². The van der Waals surface area contributed by atoms with Gasteiger partial charge in [-0.05, 0) is 50.3 Å². The molecule has 0 atom stereocenters. The Hall–Kier alpha value is -2.89. The first kappa shape index (κ1) is 20.4. The Balaban J connectivity index is 1.65. The Labute approximate surface area is 173 Å². The van der Waals surface area contributed by atoms with E-state index in [0.29, 0.717) is 36.5 Å². The van der Waals surface area contributed by atoms with E-state index in [-0.39, 0.29) is 34.3 Å². The molecule has 0 spiro atoms. The number of nitrogen functional groups attached to an aromatic ring is 1. The number of nitrogens with two attached hydrogens (primary N) is 1. The summed E-state index contributed by atoms with van der Waals surface area (Å²) in [5, 5.41) is 13.1. The molecule has 0 unspecified atom stereocenters. The van der Waals surface area contributed by atoms with Gasteiger partial charge in [-0.1, -0.05) is 11.2 Å². The summed E-state index contributed by atoms with van der Waals surface area (Å²) in [7, 11) is -3.71. The van der Waals surface area contributed by atoms with E-state index in [1.807, 2.05) is 6.92 Å². The minimum absolute atomic E-state index is 0.122. The second-order valence-corrected chi connectivity index (χ2v) is 9.22. The van der Waals surface area contributed by atoms with Crippen molar-refractivity contribution in [2.24, 2.45) is 5.92 Å². The Bertz CT molecular complexity index is 1190. The number of nitrogens with one attached hydrogen (secondary N) is 1. The molecule has 1 saturated carbocycles. The van der Waals surface area contributed by atoms with Gasteiger partial charge in [-0.3, -0.25) is 0 Å². The number of benzene rings is 1. The van der Waals surface area contributed by atoms with Crippen molar-refractivity contribution in [1.29, 1.82) is 0 Å². The quantitative estimate of drug-likeness (QED) is 0.526. The zero-order chi connectivity index (χ0) is 21.5. The number of aryl methyl sites for hydroxylation is 2. The first-order valence-corrected chi connectivity index (χ1v) is 10.9. The zero-order valence-electron chi connectivity index (χ0n) is 16.5. The Morgan fingerprint density at radius 3 is 2.70 bits per heavy atom. The van der Waals surface area contributed by atoms with Crippen LogP contribution in [0.5, 0.6) is 0 Å². The van der Waals surface area contributed by atoms with Crippen molar-refractivity contribution in [3.63, 3.8) is 0 Å². The maximum Gasteiger partial charge on any atom is 0.280 e. The highest BCUT2D eigenvalue weighted by Gasteiger charge is 2.28. The maximum atomic E-state index is 12.7. The van der Waals surface area contributed by atoms with Gasteiger partial charge in [0.25, 0.3) is 5.89 Å². The molecular formula is C19H22N6O4S. The average molecular weight is 430 g/mol. The van der Waals surface area contributed by atoms with Gasteiger partial charge in [-0.15, -0.1) is 0 Å². The molecule has 30 heavy (non-hydrogen) atoms. The molecule has 0 radical (unpaired) electrons. The third kappa shape index (κ3) is 4.04. The number of rotatable bonds is 6. The fourth-order valence-corrected chi connectivity index (χ4v) is 4.44. The highest BCUT2D eigenvalue weighted by Crippen LogP contribution is 2.29. The van der Waals surface area contributed by atoms with Gasteiger partial charge < -0.3 is 15.4 Å². The molecule has 11 heteroatoms. The molecule has 4 N–H and O–H groups in total. The van der Waals surface area contributed by atoms with Gasteiger partial charge in [-0.25, -0.2) is 23.1 Å². The SMILES string of the molecule is Cc1noc(-c2nc(-c3cc(S(=O)(=O)NC[C@H]4C[C@@H](O)C4)ccc3C)cnc2N)n1. The molecule has 158 valence electrons. The third-order valence-corrected chi connectivity index (χ3v) is 6.52. The number of sulfonamides is 1.